The third-order valence-electron chi connectivity index (χ3n) is 9.15. The molecule has 0 bridgehead atoms. The van der Waals surface area contributed by atoms with Gasteiger partial charge in [0.15, 0.2) is 0 Å². The van der Waals surface area contributed by atoms with Crippen molar-refractivity contribution in [2.45, 2.75) is 92.1 Å². The van der Waals surface area contributed by atoms with Crippen LogP contribution < -0.4 is 11.2 Å². The van der Waals surface area contributed by atoms with E-state index < -0.39 is 16.5 Å². The molecular formula is C28H49N3O5S. The van der Waals surface area contributed by atoms with Crippen molar-refractivity contribution in [2.24, 2.45) is 34.3 Å². The van der Waals surface area contributed by atoms with Crippen LogP contribution in [-0.2, 0) is 25.3 Å². The molecule has 1 aromatic rings. The van der Waals surface area contributed by atoms with Crippen molar-refractivity contribution in [3.63, 3.8) is 0 Å². The van der Waals surface area contributed by atoms with Gasteiger partial charge in [0.05, 0.1) is 18.6 Å². The molecule has 0 amide bonds. The lowest BCUT2D eigenvalue weighted by Gasteiger charge is -2.57. The molecule has 3 rings (SSSR count). The van der Waals surface area contributed by atoms with Crippen molar-refractivity contribution in [1.82, 2.24) is 4.90 Å². The molecular weight excluding hydrogens is 490 g/mol. The fraction of sp³-hybridized carbons (Fsp3) is 0.750. The molecule has 9 heteroatoms. The molecule has 5 atom stereocenters. The number of hydrogen-bond donors (Lipinski definition) is 2. The van der Waals surface area contributed by atoms with Crippen LogP contribution in [0.3, 0.4) is 0 Å². The summed E-state index contributed by atoms with van der Waals surface area (Å²) in [6.45, 7) is 11.5. The normalized spacial score (nSPS) is 27.7. The largest absolute Gasteiger partial charge is 0.472 e. The van der Waals surface area contributed by atoms with E-state index in [-0.39, 0.29) is 29.0 Å². The van der Waals surface area contributed by atoms with Crippen molar-refractivity contribution < 1.29 is 26.8 Å². The van der Waals surface area contributed by atoms with Crippen LogP contribution in [0.25, 0.3) is 0 Å². The van der Waals surface area contributed by atoms with Crippen molar-refractivity contribution in [3.8, 4) is 0 Å². The molecule has 0 saturated heterocycles. The Morgan fingerprint density at radius 3 is 2.68 bits per heavy atom. The molecule has 0 unspecified atom stereocenters. The van der Waals surface area contributed by atoms with Crippen LogP contribution in [0.15, 0.2) is 34.7 Å². The van der Waals surface area contributed by atoms with Gasteiger partial charge in [-0.2, -0.15) is 8.42 Å². The Bertz CT molecular complexity index is 991. The zero-order chi connectivity index (χ0) is 27.4. The Labute approximate surface area is 224 Å². The zero-order valence-electron chi connectivity index (χ0n) is 23.8. The van der Waals surface area contributed by atoms with E-state index in [4.69, 9.17) is 18.6 Å². The summed E-state index contributed by atoms with van der Waals surface area (Å²) in [7, 11) is -0.847. The summed E-state index contributed by atoms with van der Waals surface area (Å²) < 4.78 is 42.0. The zero-order valence-corrected chi connectivity index (χ0v) is 24.6. The number of allylic oxidation sites excluding steroid dienone is 2. The predicted molar refractivity (Wildman–Crippen MR) is 144 cm³/mol. The average Bonchev–Trinajstić information content (AvgIpc) is 3.32. The summed E-state index contributed by atoms with van der Waals surface area (Å²) in [6.07, 6.45) is 13.5. The Kier molecular flexibility index (Phi) is 10.1. The maximum absolute atomic E-state index is 12.9. The fourth-order valence-electron chi connectivity index (χ4n) is 6.83. The van der Waals surface area contributed by atoms with Crippen LogP contribution >= 0.6 is 0 Å². The maximum Gasteiger partial charge on any atom is 0.442 e. The Hall–Kier alpha value is -1.23. The molecule has 0 radical (unpaired) electrons. The first kappa shape index (κ1) is 30.3. The molecule has 2 aliphatic carbocycles. The minimum Gasteiger partial charge on any atom is -0.472 e. The van der Waals surface area contributed by atoms with E-state index in [2.05, 4.69) is 40.7 Å². The van der Waals surface area contributed by atoms with Crippen molar-refractivity contribution in [2.75, 3.05) is 14.1 Å². The Balaban J connectivity index is 1.79. The molecule has 0 aliphatic heterocycles. The van der Waals surface area contributed by atoms with Gasteiger partial charge in [0, 0.05) is 6.29 Å². The third-order valence-corrected chi connectivity index (χ3v) is 9.96. The van der Waals surface area contributed by atoms with E-state index >= 15 is 0 Å². The fourth-order valence-corrected chi connectivity index (χ4v) is 7.66. The molecule has 37 heavy (non-hydrogen) atoms. The molecule has 212 valence electrons. The van der Waals surface area contributed by atoms with Gasteiger partial charge in [0.2, 0.25) is 0 Å². The van der Waals surface area contributed by atoms with E-state index in [9.17, 15) is 8.42 Å². The summed E-state index contributed by atoms with van der Waals surface area (Å²) in [5.74, 6) is 0.841. The highest BCUT2D eigenvalue weighted by Gasteiger charge is 2.52. The lowest BCUT2D eigenvalue weighted by atomic mass is 9.48. The topological polar surface area (TPSA) is 112 Å². The van der Waals surface area contributed by atoms with Crippen molar-refractivity contribution in [1.29, 1.82) is 0 Å². The summed E-state index contributed by atoms with van der Waals surface area (Å²) in [5, 5.41) is 0. The predicted octanol–water partition coefficient (Wildman–Crippen LogP) is 4.52. The van der Waals surface area contributed by atoms with Crippen molar-refractivity contribution >= 4 is 10.4 Å². The van der Waals surface area contributed by atoms with Gasteiger partial charge >= 0.3 is 10.4 Å². The number of nitrogens with two attached hydrogens (primary N) is 2. The SMILES string of the molecule is CC1=CC[C@H]2C(C)(C)CCC[C@]2(C)[C@H]1C[C@H](OS(=O)(=O)O[NH2+][C-](N)N(C)C)[C@H](C)CCCc1ccoc1. The number of aryl methyl sites for hydroxylation is 1. The van der Waals surface area contributed by atoms with Crippen LogP contribution in [0.1, 0.15) is 85.1 Å². The first-order valence-corrected chi connectivity index (χ1v) is 15.0. The van der Waals surface area contributed by atoms with Gasteiger partial charge in [0.25, 0.3) is 0 Å². The second kappa shape index (κ2) is 12.3. The van der Waals surface area contributed by atoms with Crippen LogP contribution in [-0.4, -0.2) is 33.5 Å². The van der Waals surface area contributed by atoms with Gasteiger partial charge in [-0.05, 0) is 106 Å². The van der Waals surface area contributed by atoms with Crippen molar-refractivity contribution in [3.05, 3.63) is 42.1 Å². The third kappa shape index (κ3) is 7.67. The Morgan fingerprint density at radius 1 is 1.30 bits per heavy atom. The molecule has 1 fully saturated rings. The van der Waals surface area contributed by atoms with Crippen LogP contribution in [0, 0.1) is 34.9 Å². The smallest absolute Gasteiger partial charge is 0.442 e. The highest BCUT2D eigenvalue weighted by atomic mass is 32.3. The first-order chi connectivity index (χ1) is 17.2. The standard InChI is InChI=1S/C28H49N3O5S/c1-20-12-13-25-27(3,4)15-9-16-28(25,5)23(20)18-24(21(2)10-8-11-22-14-17-34-19-22)35-37(32,33)36-30-26(29)31(6)7/h12,14,17,19,21,23-25H,8-11,13,15-16,18,29-30H2,1-7H3/t21-,23+,24+,25+,28-/m1/s1. The molecule has 4 N–H and O–H groups in total. The first-order valence-electron chi connectivity index (χ1n) is 13.7. The van der Waals surface area contributed by atoms with Crippen LogP contribution in [0.4, 0.5) is 0 Å². The lowest BCUT2D eigenvalue weighted by Crippen LogP contribution is -2.90. The summed E-state index contributed by atoms with van der Waals surface area (Å²) in [4.78, 5) is 1.58. The van der Waals surface area contributed by atoms with Gasteiger partial charge in [-0.25, -0.2) is 4.18 Å². The molecule has 0 spiro atoms. The number of fused-ring (bicyclic) bond motifs is 1. The number of hydroxylamine groups is 1. The quantitative estimate of drug-likeness (QED) is 0.215. The number of hydrogen-bond acceptors (Lipinski definition) is 7. The van der Waals surface area contributed by atoms with Gasteiger partial charge in [-0.15, -0.1) is 0 Å². The van der Waals surface area contributed by atoms with Gasteiger partial charge in [-0.1, -0.05) is 50.0 Å². The molecule has 0 aromatic carbocycles. The molecule has 2 aliphatic rings. The minimum absolute atomic E-state index is 0.0221. The molecule has 1 saturated carbocycles. The van der Waals surface area contributed by atoms with E-state index in [1.165, 1.54) is 18.4 Å². The van der Waals surface area contributed by atoms with E-state index in [1.807, 2.05) is 6.07 Å². The number of rotatable bonds is 13. The van der Waals surface area contributed by atoms with Crippen LogP contribution in [0.2, 0.25) is 0 Å². The van der Waals surface area contributed by atoms with E-state index in [0.717, 1.165) is 43.1 Å². The van der Waals surface area contributed by atoms with Crippen LogP contribution in [0.5, 0.6) is 0 Å². The highest BCUT2D eigenvalue weighted by Crippen LogP contribution is 2.60. The average molecular weight is 540 g/mol. The lowest BCUT2D eigenvalue weighted by molar-refractivity contribution is -0.857. The number of furan rings is 1. The molecule has 1 heterocycles. The summed E-state index contributed by atoms with van der Waals surface area (Å²) in [6, 6.07) is 1.97. The van der Waals surface area contributed by atoms with Gasteiger partial charge < -0.3 is 15.1 Å². The number of quaternary nitrogens is 1. The maximum atomic E-state index is 12.9. The summed E-state index contributed by atoms with van der Waals surface area (Å²) >= 11 is 0. The minimum atomic E-state index is -4.28. The molecule has 1 aromatic heterocycles. The van der Waals surface area contributed by atoms with Gasteiger partial charge in [-0.3, -0.25) is 5.48 Å². The van der Waals surface area contributed by atoms with Gasteiger partial charge in [0.1, 0.15) is 0 Å². The second-order valence-electron chi connectivity index (χ2n) is 12.5. The summed E-state index contributed by atoms with van der Waals surface area (Å²) in [5.41, 5.74) is 9.74. The monoisotopic (exact) mass is 539 g/mol. The van der Waals surface area contributed by atoms with E-state index in [1.54, 1.807) is 31.5 Å². The Morgan fingerprint density at radius 2 is 2.03 bits per heavy atom. The number of nitrogens with zero attached hydrogens (tertiary/aromatic N) is 1. The second-order valence-corrected chi connectivity index (χ2v) is 13.7. The highest BCUT2D eigenvalue weighted by molar-refractivity contribution is 7.81. The van der Waals surface area contributed by atoms with E-state index in [0.29, 0.717) is 12.3 Å². The molecule has 8 nitrogen and oxygen atoms in total.